The molecule has 2 saturated heterocycles. The van der Waals surface area contributed by atoms with E-state index in [1.54, 1.807) is 24.3 Å². The molecule has 49 heavy (non-hydrogen) atoms. The van der Waals surface area contributed by atoms with Crippen molar-refractivity contribution in [1.29, 1.82) is 0 Å². The van der Waals surface area contributed by atoms with Crippen LogP contribution in [0, 0.1) is 6.92 Å². The van der Waals surface area contributed by atoms with Crippen molar-refractivity contribution in [2.24, 2.45) is 0 Å². The van der Waals surface area contributed by atoms with Crippen molar-refractivity contribution in [3.05, 3.63) is 54.0 Å². The maximum absolute atomic E-state index is 10.9. The molecule has 2 atom stereocenters. The molecule has 2 N–H and O–H groups in total. The Kier molecular flexibility index (Phi) is 25.3. The van der Waals surface area contributed by atoms with E-state index in [9.17, 15) is 44.4 Å². The summed E-state index contributed by atoms with van der Waals surface area (Å²) in [5.74, 6) is -0.602. The quantitative estimate of drug-likeness (QED) is 0.317. The first-order chi connectivity index (χ1) is 22.2. The Hall–Kier alpha value is -3.29. The molecule has 282 valence electrons. The summed E-state index contributed by atoms with van der Waals surface area (Å²) in [6.45, 7) is 9.82. The topological polar surface area (TPSA) is 230 Å². The largest absolute Gasteiger partial charge is 0.394 e. The van der Waals surface area contributed by atoms with Crippen LogP contribution in [0.4, 0.5) is 0 Å². The van der Waals surface area contributed by atoms with Gasteiger partial charge in [-0.15, -0.1) is 0 Å². The summed E-state index contributed by atoms with van der Waals surface area (Å²) >= 11 is 0. The predicted molar refractivity (Wildman–Crippen MR) is 187 cm³/mol. The summed E-state index contributed by atoms with van der Waals surface area (Å²) in [5.41, 5.74) is 1.07. The first-order valence-electron chi connectivity index (χ1n) is 14.7. The predicted octanol–water partition coefficient (Wildman–Crippen LogP) is 1.09. The van der Waals surface area contributed by atoms with E-state index in [4.69, 9.17) is 14.9 Å². The van der Waals surface area contributed by atoms with E-state index in [1.807, 2.05) is 13.8 Å². The molecule has 0 bridgehead atoms. The first kappa shape index (κ1) is 50.1. The summed E-state index contributed by atoms with van der Waals surface area (Å²) in [7, 11) is -5.62. The van der Waals surface area contributed by atoms with Crippen molar-refractivity contribution >= 4 is 53.1 Å². The van der Waals surface area contributed by atoms with Gasteiger partial charge < -0.3 is 14.9 Å². The lowest BCUT2D eigenvalue weighted by Gasteiger charge is -2.01. The molecule has 0 aromatic heterocycles. The molecule has 0 spiro atoms. The zero-order valence-electron chi connectivity index (χ0n) is 29.7. The number of likely N-dealkylation sites (tertiary alicyclic amines) is 1. The van der Waals surface area contributed by atoms with Crippen molar-refractivity contribution in [2.45, 2.75) is 63.6 Å². The Morgan fingerprint density at radius 1 is 0.857 bits per heavy atom. The SMILES string of the molecule is C=CS(C)(=O)=O.CCC(O)CO.CCC1CO1.CN1C(=O)C=CC1=O.CN1C(=O)CCC1=O.CS(C)(=O)=O.Cc1ccc(S(C)(=O)=O)cc1. The molecule has 4 amide bonds. The Labute approximate surface area is 291 Å². The summed E-state index contributed by atoms with van der Waals surface area (Å²) in [6, 6.07) is 6.81. The van der Waals surface area contributed by atoms with Gasteiger partial charge in [-0.25, -0.2) is 25.3 Å². The van der Waals surface area contributed by atoms with Crippen LogP contribution in [0.2, 0.25) is 0 Å². The van der Waals surface area contributed by atoms with Crippen LogP contribution in [0.3, 0.4) is 0 Å². The number of ether oxygens (including phenoxy) is 1. The normalized spacial score (nSPS) is 16.7. The molecular weight excluding hydrogens is 705 g/mol. The van der Waals surface area contributed by atoms with Gasteiger partial charge in [0.05, 0.1) is 30.3 Å². The lowest BCUT2D eigenvalue weighted by atomic mass is 10.2. The molecule has 0 saturated carbocycles. The zero-order chi connectivity index (χ0) is 39.2. The molecule has 3 heterocycles. The highest BCUT2D eigenvalue weighted by atomic mass is 32.2. The van der Waals surface area contributed by atoms with Crippen molar-refractivity contribution in [3.8, 4) is 0 Å². The van der Waals surface area contributed by atoms with Gasteiger partial charge in [0, 0.05) is 69.5 Å². The fraction of sp³-hybridized carbons (Fsp3) is 0.548. The van der Waals surface area contributed by atoms with E-state index < -0.39 is 35.6 Å². The first-order valence-corrected chi connectivity index (χ1v) is 20.8. The van der Waals surface area contributed by atoms with Gasteiger partial charge in [0.1, 0.15) is 9.84 Å². The molecule has 0 radical (unpaired) electrons. The number of nitrogens with zero attached hydrogens (tertiary/aromatic N) is 2. The van der Waals surface area contributed by atoms with E-state index in [0.717, 1.165) is 41.2 Å². The number of sulfone groups is 3. The van der Waals surface area contributed by atoms with Crippen LogP contribution in [0.5, 0.6) is 0 Å². The van der Waals surface area contributed by atoms with Gasteiger partial charge in [0.2, 0.25) is 11.8 Å². The fourth-order valence-corrected chi connectivity index (χ4v) is 3.01. The van der Waals surface area contributed by atoms with Crippen molar-refractivity contribution < 1.29 is 59.4 Å². The minimum atomic E-state index is -3.02. The number of benzene rings is 1. The van der Waals surface area contributed by atoms with Gasteiger partial charge in [-0.05, 0) is 31.9 Å². The number of carbonyl (C=O) groups excluding carboxylic acids is 4. The number of likely N-dealkylation sites (N-methyl/N-ethyl adjacent to an activating group) is 1. The molecule has 3 aliphatic rings. The summed E-state index contributed by atoms with van der Waals surface area (Å²) < 4.78 is 65.8. The molecule has 2 unspecified atom stereocenters. The maximum atomic E-state index is 10.9. The van der Waals surface area contributed by atoms with E-state index >= 15 is 0 Å². The Bertz CT molecular complexity index is 1490. The minimum absolute atomic E-state index is 0.0602. The molecule has 2 fully saturated rings. The standard InChI is InChI=1S/C8H10O2S.C5H7NO2.C5H5NO2.C4H10O2.C4H8O.C3H6O2S.C2H6O2S/c1-7-3-5-8(6-4-7)11(2,9)10;2*1-6-4(7)2-3-5(6)8;1-2-4(6)3-5;1-2-4-3-5-4;1-3-6(2,4)5;1-5(2,3)4/h3-6H,1-2H3;2-3H2,1H3;2-3H,1H3;4-6H,2-3H2,1H3;4H,2-3H2,1H3;3H,1H2,2H3;1-2H3. The van der Waals surface area contributed by atoms with E-state index in [1.165, 1.54) is 43.8 Å². The van der Waals surface area contributed by atoms with Crippen molar-refractivity contribution in [1.82, 2.24) is 9.80 Å². The number of epoxide rings is 1. The third-order valence-corrected chi connectivity index (χ3v) is 7.36. The van der Waals surface area contributed by atoms with Gasteiger partial charge in [0.25, 0.3) is 11.8 Å². The van der Waals surface area contributed by atoms with E-state index in [-0.39, 0.29) is 30.2 Å². The van der Waals surface area contributed by atoms with Crippen LogP contribution in [0.1, 0.15) is 45.1 Å². The number of rotatable bonds is 5. The zero-order valence-corrected chi connectivity index (χ0v) is 32.1. The second-order valence-electron chi connectivity index (χ2n) is 10.7. The molecule has 1 aromatic carbocycles. The average molecular weight is 757 g/mol. The molecule has 0 aliphatic carbocycles. The fourth-order valence-electron chi connectivity index (χ4n) is 2.38. The smallest absolute Gasteiger partial charge is 0.253 e. The summed E-state index contributed by atoms with van der Waals surface area (Å²) in [4.78, 5) is 44.4. The number of hydrogen-bond acceptors (Lipinski definition) is 13. The van der Waals surface area contributed by atoms with E-state index in [0.29, 0.717) is 30.3 Å². The van der Waals surface area contributed by atoms with Gasteiger partial charge in [0.15, 0.2) is 19.7 Å². The number of aryl methyl sites for hydroxylation is 1. The molecule has 18 heteroatoms. The average Bonchev–Trinajstić information content (AvgIpc) is 3.76. The van der Waals surface area contributed by atoms with Crippen molar-refractivity contribution in [2.75, 3.05) is 52.3 Å². The lowest BCUT2D eigenvalue weighted by molar-refractivity contribution is -0.137. The van der Waals surface area contributed by atoms with Crippen LogP contribution < -0.4 is 0 Å². The molecule has 15 nitrogen and oxygen atoms in total. The number of imide groups is 2. The van der Waals surface area contributed by atoms with Crippen LogP contribution in [0.25, 0.3) is 0 Å². The van der Waals surface area contributed by atoms with Gasteiger partial charge in [-0.1, -0.05) is 38.1 Å². The highest BCUT2D eigenvalue weighted by molar-refractivity contribution is 7.93. The molecule has 1 aromatic rings. The number of amides is 4. The third-order valence-electron chi connectivity index (χ3n) is 5.62. The summed E-state index contributed by atoms with van der Waals surface area (Å²) in [5, 5.41) is 17.4. The number of carbonyl (C=O) groups is 4. The van der Waals surface area contributed by atoms with Crippen LogP contribution in [-0.4, -0.2) is 133 Å². The third kappa shape index (κ3) is 31.7. The lowest BCUT2D eigenvalue weighted by Crippen LogP contribution is -2.24. The number of aliphatic hydroxyl groups is 2. The van der Waals surface area contributed by atoms with Crippen LogP contribution in [-0.2, 0) is 53.4 Å². The minimum Gasteiger partial charge on any atom is -0.394 e. The highest BCUT2D eigenvalue weighted by Gasteiger charge is 2.24. The van der Waals surface area contributed by atoms with Crippen LogP contribution in [0.15, 0.2) is 53.3 Å². The van der Waals surface area contributed by atoms with Crippen LogP contribution >= 0.6 is 0 Å². The van der Waals surface area contributed by atoms with Crippen molar-refractivity contribution in [3.63, 3.8) is 0 Å². The molecule has 3 aliphatic heterocycles. The van der Waals surface area contributed by atoms with E-state index in [2.05, 4.69) is 13.5 Å². The number of aliphatic hydroxyl groups excluding tert-OH is 2. The highest BCUT2D eigenvalue weighted by Crippen LogP contribution is 2.11. The monoisotopic (exact) mass is 756 g/mol. The van der Waals surface area contributed by atoms with Gasteiger partial charge in [-0.2, -0.15) is 0 Å². The van der Waals surface area contributed by atoms with Gasteiger partial charge >= 0.3 is 0 Å². The number of hydrogen-bond donors (Lipinski definition) is 2. The maximum Gasteiger partial charge on any atom is 0.253 e. The molecular formula is C31H52N2O13S3. The Morgan fingerprint density at radius 2 is 1.22 bits per heavy atom. The molecule has 4 rings (SSSR count). The Balaban J connectivity index is -0.000000514. The second-order valence-corrected chi connectivity index (χ2v) is 17.0. The van der Waals surface area contributed by atoms with Gasteiger partial charge in [-0.3, -0.25) is 29.0 Å². The Morgan fingerprint density at radius 3 is 1.35 bits per heavy atom. The second kappa shape index (κ2) is 24.8. The summed E-state index contributed by atoms with van der Waals surface area (Å²) in [6.07, 6.45) is 9.88.